The largest absolute Gasteiger partial charge is 0.330 e. The minimum atomic E-state index is 0.837. The Morgan fingerprint density at radius 2 is 2.30 bits per heavy atom. The van der Waals surface area contributed by atoms with Crippen molar-refractivity contribution >= 4 is 0 Å². The van der Waals surface area contributed by atoms with Gasteiger partial charge in [-0.3, -0.25) is 0 Å². The molecule has 2 saturated carbocycles. The lowest BCUT2D eigenvalue weighted by atomic mass is 9.67. The highest BCUT2D eigenvalue weighted by atomic mass is 14.6. The van der Waals surface area contributed by atoms with Gasteiger partial charge in [0.05, 0.1) is 0 Å². The summed E-state index contributed by atoms with van der Waals surface area (Å²) in [5.41, 5.74) is 7.07. The van der Waals surface area contributed by atoms with Gasteiger partial charge < -0.3 is 5.73 Å². The summed E-state index contributed by atoms with van der Waals surface area (Å²) >= 11 is 0. The van der Waals surface area contributed by atoms with E-state index in [-0.39, 0.29) is 0 Å². The Kier molecular flexibility index (Phi) is 1.34. The van der Waals surface area contributed by atoms with Crippen LogP contribution in [0.15, 0.2) is 12.2 Å². The van der Waals surface area contributed by atoms with Gasteiger partial charge in [0, 0.05) is 0 Å². The molecular weight excluding hydrogens is 122 g/mol. The van der Waals surface area contributed by atoms with Crippen molar-refractivity contribution in [3.63, 3.8) is 0 Å². The molecule has 0 bridgehead atoms. The Balaban J connectivity index is 1.99. The van der Waals surface area contributed by atoms with Crippen LogP contribution >= 0.6 is 0 Å². The van der Waals surface area contributed by atoms with E-state index in [1.54, 1.807) is 0 Å². The number of allylic oxidation sites excluding steroid dienone is 1. The number of nitrogens with two attached hydrogens (primary N) is 1. The normalized spacial score (nSPS) is 44.9. The summed E-state index contributed by atoms with van der Waals surface area (Å²) in [7, 11) is 0. The zero-order chi connectivity index (χ0) is 7.14. The number of rotatable bonds is 1. The van der Waals surface area contributed by atoms with Crippen LogP contribution in [0.3, 0.4) is 0 Å². The molecule has 2 rings (SSSR count). The molecule has 2 N–H and O–H groups in total. The van der Waals surface area contributed by atoms with Crippen LogP contribution in [-0.4, -0.2) is 6.54 Å². The quantitative estimate of drug-likeness (QED) is 0.545. The molecule has 0 amide bonds. The van der Waals surface area contributed by atoms with E-state index in [1.807, 2.05) is 0 Å². The Morgan fingerprint density at radius 3 is 2.90 bits per heavy atom. The van der Waals surface area contributed by atoms with E-state index in [2.05, 4.69) is 6.58 Å². The van der Waals surface area contributed by atoms with Crippen molar-refractivity contribution in [1.82, 2.24) is 0 Å². The summed E-state index contributed by atoms with van der Waals surface area (Å²) < 4.78 is 0. The fourth-order valence-electron chi connectivity index (χ4n) is 2.55. The lowest BCUT2D eigenvalue weighted by molar-refractivity contribution is 0.111. The van der Waals surface area contributed by atoms with Gasteiger partial charge in [0.2, 0.25) is 0 Å². The lowest BCUT2D eigenvalue weighted by Crippen LogP contribution is -2.37. The Labute approximate surface area is 62.3 Å². The van der Waals surface area contributed by atoms with Crippen LogP contribution in [0.25, 0.3) is 0 Å². The van der Waals surface area contributed by atoms with Crippen LogP contribution in [-0.2, 0) is 0 Å². The molecule has 0 radical (unpaired) electrons. The highest BCUT2D eigenvalue weighted by Gasteiger charge is 2.43. The molecule has 3 unspecified atom stereocenters. The molecule has 0 aliphatic heterocycles. The average molecular weight is 137 g/mol. The highest BCUT2D eigenvalue weighted by Crippen LogP contribution is 2.52. The van der Waals surface area contributed by atoms with Crippen molar-refractivity contribution in [2.24, 2.45) is 23.5 Å². The molecule has 2 aliphatic carbocycles. The SMILES string of the molecule is C=C1CC2CC(CN)C2C1. The Hall–Kier alpha value is -0.300. The van der Waals surface area contributed by atoms with Gasteiger partial charge in [-0.1, -0.05) is 12.2 Å². The second kappa shape index (κ2) is 2.09. The third-order valence-electron chi connectivity index (χ3n) is 3.19. The van der Waals surface area contributed by atoms with E-state index in [0.717, 1.165) is 24.3 Å². The van der Waals surface area contributed by atoms with Gasteiger partial charge >= 0.3 is 0 Å². The maximum atomic E-state index is 5.61. The van der Waals surface area contributed by atoms with Gasteiger partial charge in [0.25, 0.3) is 0 Å². The first-order chi connectivity index (χ1) is 4.81. The second-order valence-electron chi connectivity index (χ2n) is 3.81. The topological polar surface area (TPSA) is 26.0 Å². The first-order valence-corrected chi connectivity index (χ1v) is 4.18. The predicted octanol–water partition coefficient (Wildman–Crippen LogP) is 1.55. The van der Waals surface area contributed by atoms with Crippen LogP contribution in [0.2, 0.25) is 0 Å². The van der Waals surface area contributed by atoms with Gasteiger partial charge in [0.15, 0.2) is 0 Å². The third-order valence-corrected chi connectivity index (χ3v) is 3.19. The third kappa shape index (κ3) is 0.734. The summed E-state index contributed by atoms with van der Waals surface area (Å²) in [5.74, 6) is 2.74. The van der Waals surface area contributed by atoms with Crippen molar-refractivity contribution in [1.29, 1.82) is 0 Å². The van der Waals surface area contributed by atoms with Gasteiger partial charge in [-0.25, -0.2) is 0 Å². The maximum Gasteiger partial charge on any atom is -0.00459 e. The fraction of sp³-hybridized carbons (Fsp3) is 0.778. The molecule has 56 valence electrons. The van der Waals surface area contributed by atoms with Gasteiger partial charge in [-0.05, 0) is 43.6 Å². The van der Waals surface area contributed by atoms with Crippen molar-refractivity contribution in [3.05, 3.63) is 12.2 Å². The van der Waals surface area contributed by atoms with E-state index in [0.29, 0.717) is 0 Å². The lowest BCUT2D eigenvalue weighted by Gasteiger charge is -2.39. The maximum absolute atomic E-state index is 5.61. The Morgan fingerprint density at radius 1 is 1.50 bits per heavy atom. The molecule has 2 fully saturated rings. The van der Waals surface area contributed by atoms with Gasteiger partial charge in [-0.2, -0.15) is 0 Å². The van der Waals surface area contributed by atoms with E-state index in [1.165, 1.54) is 24.8 Å². The van der Waals surface area contributed by atoms with Crippen LogP contribution in [0.1, 0.15) is 19.3 Å². The molecular formula is C9H15N. The molecule has 2 aliphatic rings. The molecule has 0 spiro atoms. The molecule has 10 heavy (non-hydrogen) atoms. The minimum Gasteiger partial charge on any atom is -0.330 e. The highest BCUT2D eigenvalue weighted by molar-refractivity contribution is 5.12. The first-order valence-electron chi connectivity index (χ1n) is 4.18. The second-order valence-corrected chi connectivity index (χ2v) is 3.81. The van der Waals surface area contributed by atoms with Crippen molar-refractivity contribution < 1.29 is 0 Å². The van der Waals surface area contributed by atoms with E-state index in [9.17, 15) is 0 Å². The molecule has 1 heteroatoms. The molecule has 3 atom stereocenters. The first kappa shape index (κ1) is 6.41. The van der Waals surface area contributed by atoms with E-state index >= 15 is 0 Å². The summed E-state index contributed by atoms with van der Waals surface area (Å²) in [4.78, 5) is 0. The smallest absolute Gasteiger partial charge is 0.00459 e. The van der Waals surface area contributed by atoms with Crippen molar-refractivity contribution in [2.45, 2.75) is 19.3 Å². The molecule has 0 aromatic carbocycles. The molecule has 0 aromatic rings. The predicted molar refractivity (Wildman–Crippen MR) is 42.5 cm³/mol. The standard InChI is InChI=1S/C9H15N/c1-6-2-7-4-8(5-10)9(7)3-6/h7-9H,1-5,10H2. The Bertz CT molecular complexity index is 162. The molecule has 0 aromatic heterocycles. The van der Waals surface area contributed by atoms with Crippen LogP contribution < -0.4 is 5.73 Å². The number of fused-ring (bicyclic) bond motifs is 1. The van der Waals surface area contributed by atoms with E-state index < -0.39 is 0 Å². The van der Waals surface area contributed by atoms with Crippen molar-refractivity contribution in [2.75, 3.05) is 6.54 Å². The number of hydrogen-bond acceptors (Lipinski definition) is 1. The van der Waals surface area contributed by atoms with Crippen LogP contribution in [0.5, 0.6) is 0 Å². The average Bonchev–Trinajstić information content (AvgIpc) is 2.15. The van der Waals surface area contributed by atoms with Crippen LogP contribution in [0.4, 0.5) is 0 Å². The summed E-state index contributed by atoms with van der Waals surface area (Å²) in [6, 6.07) is 0. The molecule has 0 saturated heterocycles. The minimum absolute atomic E-state index is 0.837. The fourth-order valence-corrected chi connectivity index (χ4v) is 2.55. The molecule has 0 heterocycles. The van der Waals surface area contributed by atoms with Gasteiger partial charge in [0.1, 0.15) is 0 Å². The molecule has 1 nitrogen and oxygen atoms in total. The summed E-state index contributed by atoms with van der Waals surface area (Å²) in [6.45, 7) is 4.92. The number of hydrogen-bond donors (Lipinski definition) is 1. The van der Waals surface area contributed by atoms with Gasteiger partial charge in [-0.15, -0.1) is 0 Å². The zero-order valence-electron chi connectivity index (χ0n) is 6.34. The zero-order valence-corrected chi connectivity index (χ0v) is 6.34. The van der Waals surface area contributed by atoms with Crippen LogP contribution in [0, 0.1) is 17.8 Å². The monoisotopic (exact) mass is 137 g/mol. The van der Waals surface area contributed by atoms with E-state index in [4.69, 9.17) is 5.73 Å². The summed E-state index contributed by atoms with van der Waals surface area (Å²) in [6.07, 6.45) is 3.94. The summed E-state index contributed by atoms with van der Waals surface area (Å²) in [5, 5.41) is 0. The van der Waals surface area contributed by atoms with Crippen molar-refractivity contribution in [3.8, 4) is 0 Å².